The van der Waals surface area contributed by atoms with Crippen molar-refractivity contribution >= 4 is 40.9 Å². The molecule has 10 heteroatoms. The van der Waals surface area contributed by atoms with Gasteiger partial charge in [-0.25, -0.2) is 4.79 Å². The number of hydrogen-bond donors (Lipinski definition) is 2. The number of amides is 2. The van der Waals surface area contributed by atoms with Crippen LogP contribution in [-0.4, -0.2) is 46.9 Å². The maximum atomic E-state index is 12.6. The quantitative estimate of drug-likeness (QED) is 0.674. The molecular weight excluding hydrogens is 406 g/mol. The highest BCUT2D eigenvalue weighted by Gasteiger charge is 2.26. The number of nitriles is 1. The van der Waals surface area contributed by atoms with E-state index in [1.165, 1.54) is 23.5 Å². The van der Waals surface area contributed by atoms with Gasteiger partial charge in [0.1, 0.15) is 10.9 Å². The zero-order valence-electron chi connectivity index (χ0n) is 17.2. The standard InChI is InChI=1S/C19H27N7OS2/c1-13(2)18-17(8-16(9-20)28-18)22-19(27)23-29-26(15-10-21-25(4)12-15)14-6-5-7-24(3)11-14/h8,10,12-14H,5-7,11H2,1-4H3,(H2,22,23,27). The van der Waals surface area contributed by atoms with Gasteiger partial charge in [-0.05, 0) is 38.4 Å². The van der Waals surface area contributed by atoms with Gasteiger partial charge in [0.25, 0.3) is 0 Å². The molecule has 3 rings (SSSR count). The first-order valence-corrected chi connectivity index (χ1v) is 11.2. The molecule has 29 heavy (non-hydrogen) atoms. The average molecular weight is 434 g/mol. The molecule has 1 aliphatic rings. The molecule has 0 radical (unpaired) electrons. The maximum absolute atomic E-state index is 12.6. The Hall–Kier alpha value is -2.22. The molecule has 1 atom stereocenters. The molecule has 0 aromatic carbocycles. The van der Waals surface area contributed by atoms with E-state index in [2.05, 4.69) is 51.3 Å². The minimum Gasteiger partial charge on any atom is -0.306 e. The molecule has 0 bridgehead atoms. The number of piperidine rings is 1. The van der Waals surface area contributed by atoms with Crippen LogP contribution < -0.4 is 14.3 Å². The molecule has 1 unspecified atom stereocenters. The predicted molar refractivity (Wildman–Crippen MR) is 119 cm³/mol. The summed E-state index contributed by atoms with van der Waals surface area (Å²) >= 11 is 2.70. The Labute approximate surface area is 180 Å². The third-order valence-corrected chi connectivity index (χ3v) is 7.08. The van der Waals surface area contributed by atoms with Crippen molar-refractivity contribution in [1.29, 1.82) is 5.26 Å². The second kappa shape index (κ2) is 9.52. The van der Waals surface area contributed by atoms with E-state index >= 15 is 0 Å². The zero-order valence-corrected chi connectivity index (χ0v) is 18.8. The maximum Gasteiger partial charge on any atom is 0.330 e. The summed E-state index contributed by atoms with van der Waals surface area (Å²) in [5.74, 6) is 0.231. The Kier molecular flexibility index (Phi) is 7.05. The topological polar surface area (TPSA) is 89.2 Å². The van der Waals surface area contributed by atoms with E-state index in [0.717, 1.165) is 36.5 Å². The van der Waals surface area contributed by atoms with E-state index < -0.39 is 0 Å². The summed E-state index contributed by atoms with van der Waals surface area (Å²) in [5.41, 5.74) is 1.66. The Morgan fingerprint density at radius 1 is 1.48 bits per heavy atom. The lowest BCUT2D eigenvalue weighted by Crippen LogP contribution is -2.45. The molecule has 8 nitrogen and oxygen atoms in total. The van der Waals surface area contributed by atoms with Crippen molar-refractivity contribution in [3.05, 3.63) is 28.2 Å². The van der Waals surface area contributed by atoms with Gasteiger partial charge in [-0.15, -0.1) is 11.3 Å². The second-order valence-electron chi connectivity index (χ2n) is 7.56. The van der Waals surface area contributed by atoms with Crippen LogP contribution in [0.25, 0.3) is 0 Å². The molecule has 2 aromatic heterocycles. The van der Waals surface area contributed by atoms with E-state index in [-0.39, 0.29) is 18.0 Å². The van der Waals surface area contributed by atoms with Crippen molar-refractivity contribution in [2.45, 2.75) is 38.6 Å². The van der Waals surface area contributed by atoms with Gasteiger partial charge < -0.3 is 10.2 Å². The number of carbonyl (C=O) groups is 1. The number of anilines is 2. The summed E-state index contributed by atoms with van der Waals surface area (Å²) in [4.78, 5) is 16.5. The molecule has 2 aromatic rings. The van der Waals surface area contributed by atoms with Crippen LogP contribution in [0.3, 0.4) is 0 Å². The van der Waals surface area contributed by atoms with E-state index in [0.29, 0.717) is 10.6 Å². The number of nitrogens with one attached hydrogen (secondary N) is 2. The van der Waals surface area contributed by atoms with Crippen LogP contribution in [0.2, 0.25) is 0 Å². The van der Waals surface area contributed by atoms with Crippen molar-refractivity contribution < 1.29 is 4.79 Å². The summed E-state index contributed by atoms with van der Waals surface area (Å²) < 4.78 is 6.79. The van der Waals surface area contributed by atoms with Gasteiger partial charge in [0.2, 0.25) is 0 Å². The SMILES string of the molecule is CC(C)c1sc(C#N)cc1NC(=O)NSN(c1cnn(C)c1)C1CCCN(C)C1. The van der Waals surface area contributed by atoms with Gasteiger partial charge in [0, 0.05) is 24.7 Å². The molecule has 3 heterocycles. The highest BCUT2D eigenvalue weighted by molar-refractivity contribution is 7.99. The van der Waals surface area contributed by atoms with E-state index in [9.17, 15) is 10.1 Å². The number of hydrogen-bond acceptors (Lipinski definition) is 7. The fourth-order valence-corrected chi connectivity index (χ4v) is 5.08. The minimum atomic E-state index is -0.308. The molecule has 1 fully saturated rings. The van der Waals surface area contributed by atoms with Crippen LogP contribution >= 0.6 is 23.5 Å². The molecule has 1 saturated heterocycles. The molecule has 2 N–H and O–H groups in total. The smallest absolute Gasteiger partial charge is 0.306 e. The highest BCUT2D eigenvalue weighted by atomic mass is 32.2. The predicted octanol–water partition coefficient (Wildman–Crippen LogP) is 3.76. The first kappa shape index (κ1) is 21.5. The number of aryl methyl sites for hydroxylation is 1. The van der Waals surface area contributed by atoms with E-state index in [4.69, 9.17) is 0 Å². The first-order chi connectivity index (χ1) is 13.9. The number of aromatic nitrogens is 2. The molecule has 0 aliphatic carbocycles. The molecule has 0 spiro atoms. The fourth-order valence-electron chi connectivity index (χ4n) is 3.42. The van der Waals surface area contributed by atoms with Crippen LogP contribution in [0.5, 0.6) is 0 Å². The van der Waals surface area contributed by atoms with Crippen molar-refractivity contribution in [2.75, 3.05) is 29.8 Å². The largest absolute Gasteiger partial charge is 0.330 e. The van der Waals surface area contributed by atoms with Crippen LogP contribution in [0.15, 0.2) is 18.5 Å². The minimum absolute atomic E-state index is 0.231. The van der Waals surface area contributed by atoms with Gasteiger partial charge >= 0.3 is 6.03 Å². The molecule has 2 amide bonds. The lowest BCUT2D eigenvalue weighted by molar-refractivity contribution is 0.253. The number of carbonyl (C=O) groups excluding carboxylic acids is 1. The number of urea groups is 1. The monoisotopic (exact) mass is 433 g/mol. The van der Waals surface area contributed by atoms with Crippen LogP contribution in [0, 0.1) is 11.3 Å². The summed E-state index contributed by atoms with van der Waals surface area (Å²) in [6.07, 6.45) is 5.95. The number of rotatable bonds is 6. The van der Waals surface area contributed by atoms with Gasteiger partial charge in [-0.3, -0.25) is 13.7 Å². The van der Waals surface area contributed by atoms with Crippen molar-refractivity contribution in [3.8, 4) is 6.07 Å². The fraction of sp³-hybridized carbons (Fsp3) is 0.526. The number of likely N-dealkylation sites (tertiary alicyclic amines) is 1. The molecular formula is C19H27N7OS2. The first-order valence-electron chi connectivity index (χ1n) is 9.61. The normalized spacial score (nSPS) is 17.2. The average Bonchev–Trinajstić information content (AvgIpc) is 3.28. The number of thiophene rings is 1. The number of nitrogens with zero attached hydrogens (tertiary/aromatic N) is 5. The lowest BCUT2D eigenvalue weighted by Gasteiger charge is -2.37. The van der Waals surface area contributed by atoms with Crippen molar-refractivity contribution in [1.82, 2.24) is 19.4 Å². The summed E-state index contributed by atoms with van der Waals surface area (Å²) in [6, 6.07) is 3.86. The number of likely N-dealkylation sites (N-methyl/N-ethyl adjacent to an activating group) is 1. The third kappa shape index (κ3) is 5.44. The van der Waals surface area contributed by atoms with Crippen molar-refractivity contribution in [3.63, 3.8) is 0 Å². The Morgan fingerprint density at radius 3 is 2.90 bits per heavy atom. The highest BCUT2D eigenvalue weighted by Crippen LogP contribution is 2.33. The van der Waals surface area contributed by atoms with Crippen molar-refractivity contribution in [2.24, 2.45) is 7.05 Å². The van der Waals surface area contributed by atoms with Gasteiger partial charge in [0.05, 0.1) is 35.7 Å². The Bertz CT molecular complexity index is 885. The zero-order chi connectivity index (χ0) is 21.0. The lowest BCUT2D eigenvalue weighted by atomic mass is 10.1. The third-order valence-electron chi connectivity index (χ3n) is 4.76. The van der Waals surface area contributed by atoms with Gasteiger partial charge in [0.15, 0.2) is 0 Å². The molecule has 0 saturated carbocycles. The van der Waals surface area contributed by atoms with Crippen LogP contribution in [-0.2, 0) is 7.05 Å². The second-order valence-corrected chi connectivity index (χ2v) is 9.42. The summed E-state index contributed by atoms with van der Waals surface area (Å²) in [6.45, 7) is 6.12. The van der Waals surface area contributed by atoms with Gasteiger partial charge in [-0.2, -0.15) is 10.4 Å². The van der Waals surface area contributed by atoms with Crippen LogP contribution in [0.4, 0.5) is 16.2 Å². The Morgan fingerprint density at radius 2 is 2.28 bits per heavy atom. The van der Waals surface area contributed by atoms with E-state index in [1.807, 2.05) is 19.4 Å². The Balaban J connectivity index is 1.68. The van der Waals surface area contributed by atoms with Crippen LogP contribution in [0.1, 0.15) is 42.4 Å². The molecule has 156 valence electrons. The van der Waals surface area contributed by atoms with Gasteiger partial charge in [-0.1, -0.05) is 13.8 Å². The summed E-state index contributed by atoms with van der Waals surface area (Å²) in [7, 11) is 4.01. The summed E-state index contributed by atoms with van der Waals surface area (Å²) in [5, 5.41) is 16.4. The molecule has 1 aliphatic heterocycles. The van der Waals surface area contributed by atoms with E-state index in [1.54, 1.807) is 10.7 Å².